The van der Waals surface area contributed by atoms with E-state index in [0.717, 1.165) is 57.8 Å². The Balaban J connectivity index is 4.70. The van der Waals surface area contributed by atoms with Crippen LogP contribution in [0.3, 0.4) is 0 Å². The lowest BCUT2D eigenvalue weighted by atomic mass is 10.0. The zero-order valence-electron chi connectivity index (χ0n) is 40.5. The molecule has 12 heteroatoms. The lowest BCUT2D eigenvalue weighted by molar-refractivity contribution is -0.870. The predicted molar refractivity (Wildman–Crippen MR) is 249 cm³/mol. The quantitative estimate of drug-likeness (QED) is 0.0207. The van der Waals surface area contributed by atoms with E-state index >= 15 is 0 Å². The number of phosphoric acid groups is 1. The van der Waals surface area contributed by atoms with Crippen molar-refractivity contribution in [1.29, 1.82) is 0 Å². The van der Waals surface area contributed by atoms with Gasteiger partial charge in [-0.05, 0) is 44.9 Å². The van der Waals surface area contributed by atoms with Gasteiger partial charge in [0.1, 0.15) is 25.9 Å². The average Bonchev–Trinajstić information content (AvgIpc) is 3.20. The first-order chi connectivity index (χ1) is 29.3. The Morgan fingerprint density at radius 1 is 0.459 bits per heavy atom. The number of rotatable bonds is 46. The summed E-state index contributed by atoms with van der Waals surface area (Å²) < 4.78 is 40.4. The van der Waals surface area contributed by atoms with E-state index in [1.165, 1.54) is 128 Å². The maximum absolute atomic E-state index is 12.8. The monoisotopic (exact) mass is 891 g/mol. The third kappa shape index (κ3) is 43.5. The van der Waals surface area contributed by atoms with E-state index in [2.05, 4.69) is 20.8 Å². The van der Waals surface area contributed by atoms with Crippen molar-refractivity contribution in [2.45, 2.75) is 251 Å². The van der Waals surface area contributed by atoms with Gasteiger partial charge in [-0.2, -0.15) is 0 Å². The van der Waals surface area contributed by atoms with Gasteiger partial charge >= 0.3 is 25.7 Å². The third-order valence-corrected chi connectivity index (χ3v) is 12.2. The summed E-state index contributed by atoms with van der Waals surface area (Å²) >= 11 is 0. The normalized spacial score (nSPS) is 13.3. The number of nitrogens with zero attached hydrogens (tertiary/aromatic N) is 1. The maximum Gasteiger partial charge on any atom is 0.472 e. The molecule has 61 heavy (non-hydrogen) atoms. The number of likely N-dealkylation sites (N-methyl/N-ethyl adjacent to an activating group) is 1. The van der Waals surface area contributed by atoms with Gasteiger partial charge in [0.15, 0.2) is 6.10 Å². The number of esters is 3. The Morgan fingerprint density at radius 3 is 1.20 bits per heavy atom. The number of phosphoric ester groups is 1. The maximum atomic E-state index is 12.8. The molecule has 0 aliphatic rings. The number of quaternary nitrogens is 1. The number of carbonyl (C=O) groups excluding carboxylic acids is 3. The third-order valence-electron chi connectivity index (χ3n) is 11.2. The smallest absolute Gasteiger partial charge is 0.462 e. The van der Waals surface area contributed by atoms with Crippen LogP contribution in [-0.4, -0.2) is 87.0 Å². The lowest BCUT2D eigenvalue weighted by Crippen LogP contribution is -2.37. The second-order valence-electron chi connectivity index (χ2n) is 18.5. The SMILES string of the molecule is CCCCCCCCCCCCCCCC(=O)OC[C@H](COP(=O)(O)OCC[N+](C)(C)C)OC(=O)CCCCCCC(=O)OC(CCCCCCCC)CCCCCCCC. The van der Waals surface area contributed by atoms with Crippen LogP contribution in [0.2, 0.25) is 0 Å². The van der Waals surface area contributed by atoms with Crippen molar-refractivity contribution in [1.82, 2.24) is 0 Å². The van der Waals surface area contributed by atoms with Gasteiger partial charge in [0.25, 0.3) is 0 Å². The van der Waals surface area contributed by atoms with Gasteiger partial charge < -0.3 is 23.6 Å². The summed E-state index contributed by atoms with van der Waals surface area (Å²) in [4.78, 5) is 48.4. The number of ether oxygens (including phenoxy) is 3. The summed E-state index contributed by atoms with van der Waals surface area (Å²) in [5.41, 5.74) is 0. The van der Waals surface area contributed by atoms with Crippen LogP contribution in [0.1, 0.15) is 239 Å². The summed E-state index contributed by atoms with van der Waals surface area (Å²) in [5.74, 6) is -1.04. The lowest BCUT2D eigenvalue weighted by Gasteiger charge is -2.24. The fourth-order valence-corrected chi connectivity index (χ4v) is 8.00. The van der Waals surface area contributed by atoms with Gasteiger partial charge in [-0.3, -0.25) is 23.4 Å². The molecule has 0 aromatic carbocycles. The minimum atomic E-state index is -4.42. The van der Waals surface area contributed by atoms with Gasteiger partial charge in [-0.15, -0.1) is 0 Å². The van der Waals surface area contributed by atoms with E-state index in [-0.39, 0.29) is 38.1 Å². The first-order valence-corrected chi connectivity index (χ1v) is 26.8. The van der Waals surface area contributed by atoms with Crippen molar-refractivity contribution in [3.8, 4) is 0 Å². The van der Waals surface area contributed by atoms with E-state index in [1.54, 1.807) is 0 Å². The molecule has 0 spiro atoms. The molecule has 0 aliphatic heterocycles. The molecule has 1 N–H and O–H groups in total. The zero-order chi connectivity index (χ0) is 45.3. The molecule has 0 radical (unpaired) electrons. The van der Waals surface area contributed by atoms with Crippen molar-refractivity contribution in [3.63, 3.8) is 0 Å². The molecule has 0 heterocycles. The fraction of sp³-hybridized carbons (Fsp3) is 0.939. The van der Waals surface area contributed by atoms with E-state index < -0.39 is 32.5 Å². The van der Waals surface area contributed by atoms with Crippen LogP contribution in [-0.2, 0) is 42.2 Å². The number of carbonyl (C=O) groups is 3. The van der Waals surface area contributed by atoms with Gasteiger partial charge in [-0.1, -0.05) is 175 Å². The Labute approximate surface area is 375 Å². The van der Waals surface area contributed by atoms with Crippen LogP contribution in [0, 0.1) is 0 Å². The summed E-state index contributed by atoms with van der Waals surface area (Å²) in [7, 11) is 1.39. The van der Waals surface area contributed by atoms with Crippen molar-refractivity contribution in [2.75, 3.05) is 47.5 Å². The van der Waals surface area contributed by atoms with Gasteiger partial charge in [0, 0.05) is 19.3 Å². The highest BCUT2D eigenvalue weighted by Crippen LogP contribution is 2.43. The molecule has 0 amide bonds. The van der Waals surface area contributed by atoms with E-state index in [4.69, 9.17) is 23.3 Å². The highest BCUT2D eigenvalue weighted by Gasteiger charge is 2.27. The van der Waals surface area contributed by atoms with Crippen LogP contribution in [0.5, 0.6) is 0 Å². The Morgan fingerprint density at radius 2 is 0.803 bits per heavy atom. The van der Waals surface area contributed by atoms with Crippen molar-refractivity contribution >= 4 is 25.7 Å². The molecular weight excluding hydrogens is 794 g/mol. The number of unbranched alkanes of at least 4 members (excludes halogenated alkanes) is 25. The minimum Gasteiger partial charge on any atom is -0.462 e. The summed E-state index contributed by atoms with van der Waals surface area (Å²) in [5, 5.41) is 0. The first kappa shape index (κ1) is 59.5. The minimum absolute atomic E-state index is 0.00377. The molecule has 11 nitrogen and oxygen atoms in total. The van der Waals surface area contributed by atoms with E-state index in [9.17, 15) is 23.8 Å². The van der Waals surface area contributed by atoms with E-state index in [1.807, 2.05) is 21.1 Å². The standard InChI is InChI=1S/C49H96NO10P/c1-7-10-13-16-19-20-21-22-23-24-25-28-33-38-47(51)56-43-46(44-58-61(54,55)57-42-41-50(4,5)6)60-49(53)40-35-30-29-34-39-48(52)59-45(36-31-26-17-14-11-8-2)37-32-27-18-15-12-9-3/h45-46H,7-44H2,1-6H3/p+1/t46-/m1/s1. The topological polar surface area (TPSA) is 135 Å². The highest BCUT2D eigenvalue weighted by atomic mass is 31.2. The molecule has 0 rings (SSSR count). The number of hydrogen-bond donors (Lipinski definition) is 1. The Hall–Kier alpha value is -1.52. The highest BCUT2D eigenvalue weighted by molar-refractivity contribution is 7.47. The molecule has 0 aliphatic carbocycles. The molecule has 0 saturated heterocycles. The zero-order valence-corrected chi connectivity index (χ0v) is 41.4. The molecule has 1 unspecified atom stereocenters. The molecule has 0 bridgehead atoms. The molecule has 2 atom stereocenters. The van der Waals surface area contributed by atoms with E-state index in [0.29, 0.717) is 30.3 Å². The van der Waals surface area contributed by atoms with Gasteiger partial charge in [0.2, 0.25) is 0 Å². The van der Waals surface area contributed by atoms with Crippen molar-refractivity contribution in [2.24, 2.45) is 0 Å². The molecule has 0 aromatic rings. The molecule has 0 aromatic heterocycles. The molecular formula is C49H97NO10P+. The van der Waals surface area contributed by atoms with Crippen molar-refractivity contribution in [3.05, 3.63) is 0 Å². The van der Waals surface area contributed by atoms with Gasteiger partial charge in [-0.25, -0.2) is 4.57 Å². The van der Waals surface area contributed by atoms with Crippen LogP contribution in [0.25, 0.3) is 0 Å². The second-order valence-corrected chi connectivity index (χ2v) is 20.0. The summed E-state index contributed by atoms with van der Waals surface area (Å²) in [6.07, 6.45) is 34.8. The largest absolute Gasteiger partial charge is 0.472 e. The second kappa shape index (κ2) is 41.2. The van der Waals surface area contributed by atoms with Crippen molar-refractivity contribution < 1.29 is 51.6 Å². The van der Waals surface area contributed by atoms with Crippen LogP contribution in [0.15, 0.2) is 0 Å². The number of hydrogen-bond acceptors (Lipinski definition) is 9. The van der Waals surface area contributed by atoms with Crippen LogP contribution in [0.4, 0.5) is 0 Å². The van der Waals surface area contributed by atoms with Crippen LogP contribution < -0.4 is 0 Å². The fourth-order valence-electron chi connectivity index (χ4n) is 7.25. The molecule has 0 saturated carbocycles. The first-order valence-electron chi connectivity index (χ1n) is 25.3. The average molecular weight is 891 g/mol. The molecule has 0 fully saturated rings. The summed E-state index contributed by atoms with van der Waals surface area (Å²) in [6.45, 7) is 6.48. The Bertz CT molecular complexity index is 1070. The van der Waals surface area contributed by atoms with Crippen LogP contribution >= 0.6 is 7.82 Å². The summed E-state index contributed by atoms with van der Waals surface area (Å²) in [6, 6.07) is 0. The Kier molecular flexibility index (Phi) is 40.2. The molecule has 362 valence electrons. The predicted octanol–water partition coefficient (Wildman–Crippen LogP) is 13.5. The van der Waals surface area contributed by atoms with Gasteiger partial charge in [0.05, 0.1) is 27.7 Å².